The van der Waals surface area contributed by atoms with Gasteiger partial charge in [0.25, 0.3) is 5.69 Å². The molecule has 0 radical (unpaired) electrons. The van der Waals surface area contributed by atoms with Gasteiger partial charge >= 0.3 is 0 Å². The Bertz CT molecular complexity index is 629. The monoisotopic (exact) mass is 277 g/mol. The van der Waals surface area contributed by atoms with Crippen molar-refractivity contribution >= 4 is 5.69 Å². The van der Waals surface area contributed by atoms with E-state index in [0.717, 1.165) is 6.07 Å². The van der Waals surface area contributed by atoms with Crippen LogP contribution in [0.1, 0.15) is 18.7 Å². The minimum Gasteiger partial charge on any atom is -0.453 e. The average Bonchev–Trinajstić information content (AvgIpc) is 2.41. The number of hydrogen-bond donors (Lipinski definition) is 1. The van der Waals surface area contributed by atoms with Crippen molar-refractivity contribution in [3.8, 4) is 11.5 Å². The van der Waals surface area contributed by atoms with E-state index in [1.807, 2.05) is 0 Å². The summed E-state index contributed by atoms with van der Waals surface area (Å²) in [5, 5.41) is 10.5. The highest BCUT2D eigenvalue weighted by Crippen LogP contribution is 2.27. The van der Waals surface area contributed by atoms with Crippen LogP contribution in [0.4, 0.5) is 10.1 Å². The summed E-state index contributed by atoms with van der Waals surface area (Å²) in [6, 6.07) is 6.24. The molecule has 2 aromatic rings. The van der Waals surface area contributed by atoms with Crippen LogP contribution in [0, 0.1) is 15.9 Å². The van der Waals surface area contributed by atoms with E-state index in [1.54, 1.807) is 19.1 Å². The molecule has 0 spiro atoms. The predicted molar refractivity (Wildman–Crippen MR) is 70.0 cm³/mol. The van der Waals surface area contributed by atoms with Crippen LogP contribution in [-0.4, -0.2) is 9.91 Å². The predicted octanol–water partition coefficient (Wildman–Crippen LogP) is 2.94. The Morgan fingerprint density at radius 2 is 2.15 bits per heavy atom. The fourth-order valence-electron chi connectivity index (χ4n) is 1.53. The number of non-ortho nitro benzene ring substituents is 1. The Morgan fingerprint density at radius 3 is 2.65 bits per heavy atom. The molecule has 20 heavy (non-hydrogen) atoms. The van der Waals surface area contributed by atoms with Gasteiger partial charge in [0.05, 0.1) is 22.9 Å². The van der Waals surface area contributed by atoms with Gasteiger partial charge in [-0.05, 0) is 25.1 Å². The average molecular weight is 277 g/mol. The molecular weight excluding hydrogens is 265 g/mol. The highest BCUT2D eigenvalue weighted by molar-refractivity contribution is 5.39. The summed E-state index contributed by atoms with van der Waals surface area (Å²) < 4.78 is 18.9. The largest absolute Gasteiger partial charge is 0.453 e. The molecule has 2 N–H and O–H groups in total. The van der Waals surface area contributed by atoms with Crippen LogP contribution >= 0.6 is 0 Å². The molecule has 0 saturated heterocycles. The lowest BCUT2D eigenvalue weighted by atomic mass is 10.2. The minimum atomic E-state index is -0.810. The molecule has 0 fully saturated rings. The number of hydrogen-bond acceptors (Lipinski definition) is 5. The van der Waals surface area contributed by atoms with E-state index < -0.39 is 10.7 Å². The Hall–Kier alpha value is -2.54. The molecule has 1 aromatic carbocycles. The Morgan fingerprint density at radius 1 is 1.40 bits per heavy atom. The van der Waals surface area contributed by atoms with Gasteiger partial charge in [-0.2, -0.15) is 0 Å². The number of nitro groups is 1. The van der Waals surface area contributed by atoms with Gasteiger partial charge in [-0.1, -0.05) is 0 Å². The van der Waals surface area contributed by atoms with E-state index in [0.29, 0.717) is 11.4 Å². The molecule has 6 nitrogen and oxygen atoms in total. The van der Waals surface area contributed by atoms with Gasteiger partial charge < -0.3 is 10.5 Å². The Labute approximate surface area is 114 Å². The van der Waals surface area contributed by atoms with Crippen molar-refractivity contribution in [2.45, 2.75) is 13.0 Å². The lowest BCUT2D eigenvalue weighted by molar-refractivity contribution is -0.385. The van der Waals surface area contributed by atoms with Crippen molar-refractivity contribution in [3.05, 3.63) is 58.2 Å². The minimum absolute atomic E-state index is 0.106. The highest BCUT2D eigenvalue weighted by atomic mass is 19.1. The smallest absolute Gasteiger partial charge is 0.272 e. The summed E-state index contributed by atoms with van der Waals surface area (Å²) in [5.74, 6) is -0.594. The zero-order chi connectivity index (χ0) is 14.7. The quantitative estimate of drug-likeness (QED) is 0.685. The molecule has 0 saturated carbocycles. The first-order chi connectivity index (χ1) is 9.47. The summed E-state index contributed by atoms with van der Waals surface area (Å²) in [5.41, 5.74) is 6.01. The van der Waals surface area contributed by atoms with Crippen molar-refractivity contribution in [1.82, 2.24) is 4.98 Å². The maximum atomic E-state index is 13.6. The number of benzene rings is 1. The van der Waals surface area contributed by atoms with E-state index in [4.69, 9.17) is 10.5 Å². The molecule has 7 heteroatoms. The third kappa shape index (κ3) is 3.07. The van der Waals surface area contributed by atoms with Gasteiger partial charge in [-0.3, -0.25) is 15.1 Å². The Balaban J connectivity index is 2.19. The van der Waals surface area contributed by atoms with E-state index in [9.17, 15) is 14.5 Å². The molecule has 1 atom stereocenters. The second-order valence-electron chi connectivity index (χ2n) is 4.18. The second-order valence-corrected chi connectivity index (χ2v) is 4.18. The van der Waals surface area contributed by atoms with Crippen molar-refractivity contribution in [2.24, 2.45) is 5.73 Å². The van der Waals surface area contributed by atoms with Crippen LogP contribution in [0.15, 0.2) is 36.5 Å². The number of rotatable bonds is 4. The zero-order valence-electron chi connectivity index (χ0n) is 10.6. The van der Waals surface area contributed by atoms with Crippen LogP contribution in [0.5, 0.6) is 11.5 Å². The fourth-order valence-corrected chi connectivity index (χ4v) is 1.53. The molecule has 2 rings (SSSR count). The summed E-state index contributed by atoms with van der Waals surface area (Å²) in [4.78, 5) is 13.9. The van der Waals surface area contributed by atoms with Crippen LogP contribution < -0.4 is 10.5 Å². The van der Waals surface area contributed by atoms with Crippen molar-refractivity contribution < 1.29 is 14.1 Å². The summed E-state index contributed by atoms with van der Waals surface area (Å²) in [6.07, 6.45) is 1.42. The number of nitrogens with two attached hydrogens (primary N) is 1. The molecule has 0 unspecified atom stereocenters. The number of halogens is 1. The molecular formula is C13H12FN3O3. The summed E-state index contributed by atoms with van der Waals surface area (Å²) in [6.45, 7) is 1.79. The molecule has 0 aliphatic heterocycles. The van der Waals surface area contributed by atoms with Crippen LogP contribution in [-0.2, 0) is 0 Å². The van der Waals surface area contributed by atoms with Crippen LogP contribution in [0.2, 0.25) is 0 Å². The first kappa shape index (κ1) is 13.9. The highest BCUT2D eigenvalue weighted by Gasteiger charge is 2.12. The molecule has 104 valence electrons. The molecule has 0 aliphatic rings. The number of aromatic nitrogens is 1. The zero-order valence-corrected chi connectivity index (χ0v) is 10.6. The summed E-state index contributed by atoms with van der Waals surface area (Å²) >= 11 is 0. The number of pyridine rings is 1. The summed E-state index contributed by atoms with van der Waals surface area (Å²) in [7, 11) is 0. The number of nitrogens with zero attached hydrogens (tertiary/aromatic N) is 2. The molecule has 0 amide bonds. The fraction of sp³-hybridized carbons (Fsp3) is 0.154. The van der Waals surface area contributed by atoms with Gasteiger partial charge in [0.15, 0.2) is 11.6 Å². The second kappa shape index (κ2) is 5.62. The third-order valence-corrected chi connectivity index (χ3v) is 2.58. The van der Waals surface area contributed by atoms with Crippen molar-refractivity contribution in [3.63, 3.8) is 0 Å². The van der Waals surface area contributed by atoms with Crippen LogP contribution in [0.3, 0.4) is 0 Å². The lowest BCUT2D eigenvalue weighted by Gasteiger charge is -2.08. The van der Waals surface area contributed by atoms with E-state index in [1.165, 1.54) is 18.3 Å². The maximum absolute atomic E-state index is 13.6. The lowest BCUT2D eigenvalue weighted by Crippen LogP contribution is -2.06. The van der Waals surface area contributed by atoms with Gasteiger partial charge in [0, 0.05) is 12.1 Å². The Kier molecular flexibility index (Phi) is 3.90. The first-order valence-electron chi connectivity index (χ1n) is 5.80. The van der Waals surface area contributed by atoms with E-state index in [2.05, 4.69) is 4.98 Å². The molecule has 0 bridgehead atoms. The third-order valence-electron chi connectivity index (χ3n) is 2.58. The van der Waals surface area contributed by atoms with Crippen molar-refractivity contribution in [1.29, 1.82) is 0 Å². The topological polar surface area (TPSA) is 91.3 Å². The van der Waals surface area contributed by atoms with Gasteiger partial charge in [-0.15, -0.1) is 0 Å². The van der Waals surface area contributed by atoms with Gasteiger partial charge in [0.1, 0.15) is 5.75 Å². The van der Waals surface area contributed by atoms with Crippen molar-refractivity contribution in [2.75, 3.05) is 0 Å². The molecule has 1 heterocycles. The SMILES string of the molecule is C[C@H](N)c1ccc(Oc2ccc([N+](=O)[O-])cc2F)cn1. The normalized spacial score (nSPS) is 11.9. The number of ether oxygens (including phenoxy) is 1. The molecule has 0 aliphatic carbocycles. The van der Waals surface area contributed by atoms with E-state index in [-0.39, 0.29) is 17.5 Å². The van der Waals surface area contributed by atoms with Gasteiger partial charge in [0.2, 0.25) is 0 Å². The van der Waals surface area contributed by atoms with Crippen LogP contribution in [0.25, 0.3) is 0 Å². The molecule has 1 aromatic heterocycles. The standard InChI is InChI=1S/C13H12FN3O3/c1-8(15)12-4-3-10(7-16-12)20-13-5-2-9(17(18)19)6-11(13)14/h2-8H,15H2,1H3/t8-/m0/s1. The number of nitro benzene ring substituents is 1. The maximum Gasteiger partial charge on any atom is 0.272 e. The van der Waals surface area contributed by atoms with Gasteiger partial charge in [-0.25, -0.2) is 4.39 Å². The van der Waals surface area contributed by atoms with E-state index >= 15 is 0 Å². The first-order valence-corrected chi connectivity index (χ1v) is 5.80.